The summed E-state index contributed by atoms with van der Waals surface area (Å²) in [5.74, 6) is -1.61. The minimum absolute atomic E-state index is 0.0400. The van der Waals surface area contributed by atoms with Crippen molar-refractivity contribution in [2.75, 3.05) is 26.8 Å². The largest absolute Gasteiger partial charge is 0.507 e. The highest BCUT2D eigenvalue weighted by Gasteiger charge is 2.40. The number of carbonyl (C=O) groups is 1. The summed E-state index contributed by atoms with van der Waals surface area (Å²) in [7, 11) is -3.19. The molecule has 9 nitrogen and oxygen atoms in total. The maximum Gasteiger partial charge on any atom is 0.255 e. The fourth-order valence-corrected chi connectivity index (χ4v) is 7.23. The standard InChI is InChI=1S/C32H28F2N2O7S/c1-41-28-11-6-20-17-29(28)42-15-3-13-35-32(38)24-18-22(8-10-27(24)37)43-21-7-9-23-19(16-21)12-14-36(30(20)23)44(39,40)31-25(33)4-2-5-26(31)34/h2,4-11,16-18,30,37H,3,12-15H2,1H3,(H,35,38). The third-order valence-corrected chi connectivity index (χ3v) is 9.52. The summed E-state index contributed by atoms with van der Waals surface area (Å²) < 4.78 is 76.2. The average Bonchev–Trinajstić information content (AvgIpc) is 3.00. The van der Waals surface area contributed by atoms with Crippen LogP contribution in [0.2, 0.25) is 0 Å². The van der Waals surface area contributed by atoms with Crippen LogP contribution >= 0.6 is 0 Å². The van der Waals surface area contributed by atoms with Gasteiger partial charge in [-0.05, 0) is 84.1 Å². The normalized spacial score (nSPS) is 17.1. The lowest BCUT2D eigenvalue weighted by Crippen LogP contribution is -2.41. The van der Waals surface area contributed by atoms with Gasteiger partial charge in [0.2, 0.25) is 10.0 Å². The van der Waals surface area contributed by atoms with Crippen molar-refractivity contribution in [2.45, 2.75) is 23.8 Å². The molecule has 0 radical (unpaired) electrons. The second-order valence-electron chi connectivity index (χ2n) is 10.3. The molecule has 1 unspecified atom stereocenters. The van der Waals surface area contributed by atoms with Gasteiger partial charge in [0.05, 0.1) is 25.3 Å². The maximum atomic E-state index is 14.9. The first kappa shape index (κ1) is 29.4. The first-order valence-corrected chi connectivity index (χ1v) is 15.3. The van der Waals surface area contributed by atoms with Gasteiger partial charge >= 0.3 is 0 Å². The molecule has 4 aromatic carbocycles. The van der Waals surface area contributed by atoms with Gasteiger partial charge in [0.15, 0.2) is 16.4 Å². The number of hydrogen-bond donors (Lipinski definition) is 2. The highest BCUT2D eigenvalue weighted by molar-refractivity contribution is 7.89. The SMILES string of the molecule is COc1ccc2cc1OCCCNC(=O)c1cc(ccc1O)Oc1ccc3c(c1)CCN(S(=O)(=O)c1c(F)cccc1F)C23. The predicted octanol–water partition coefficient (Wildman–Crippen LogP) is 5.32. The van der Waals surface area contributed by atoms with Crippen LogP contribution in [0, 0.1) is 11.6 Å². The molecule has 1 atom stereocenters. The molecule has 12 heteroatoms. The number of sulfonamides is 1. The summed E-state index contributed by atoms with van der Waals surface area (Å²) in [6.07, 6.45) is 0.624. The first-order valence-electron chi connectivity index (χ1n) is 13.9. The Morgan fingerprint density at radius 2 is 1.75 bits per heavy atom. The van der Waals surface area contributed by atoms with Crippen LogP contribution in [0.4, 0.5) is 8.78 Å². The number of benzene rings is 4. The minimum Gasteiger partial charge on any atom is -0.507 e. The van der Waals surface area contributed by atoms with Gasteiger partial charge in [0.1, 0.15) is 28.9 Å². The summed E-state index contributed by atoms with van der Waals surface area (Å²) >= 11 is 0. The zero-order valence-electron chi connectivity index (χ0n) is 23.5. The van der Waals surface area contributed by atoms with Gasteiger partial charge < -0.3 is 24.6 Å². The van der Waals surface area contributed by atoms with Crippen LogP contribution in [0.15, 0.2) is 77.7 Å². The molecule has 0 saturated carbocycles. The molecule has 228 valence electrons. The number of amides is 1. The van der Waals surface area contributed by atoms with Crippen LogP contribution < -0.4 is 19.5 Å². The van der Waals surface area contributed by atoms with E-state index >= 15 is 0 Å². The molecule has 0 aromatic heterocycles. The molecule has 0 fully saturated rings. The van der Waals surface area contributed by atoms with E-state index in [2.05, 4.69) is 5.32 Å². The Hall–Kier alpha value is -4.68. The maximum absolute atomic E-state index is 14.9. The molecule has 3 aliphatic heterocycles. The fourth-order valence-electron chi connectivity index (χ4n) is 5.52. The van der Waals surface area contributed by atoms with Crippen molar-refractivity contribution in [1.29, 1.82) is 0 Å². The van der Waals surface area contributed by atoms with Crippen molar-refractivity contribution in [1.82, 2.24) is 9.62 Å². The van der Waals surface area contributed by atoms with Crippen LogP contribution in [0.1, 0.15) is 39.5 Å². The molecule has 3 aliphatic rings. The number of nitrogens with zero attached hydrogens (tertiary/aromatic N) is 1. The summed E-state index contributed by atoms with van der Waals surface area (Å²) in [5, 5.41) is 13.0. The lowest BCUT2D eigenvalue weighted by molar-refractivity contribution is 0.0948. The van der Waals surface area contributed by atoms with Gasteiger partial charge in [-0.1, -0.05) is 18.2 Å². The van der Waals surface area contributed by atoms with E-state index in [1.807, 2.05) is 0 Å². The Bertz CT molecular complexity index is 1850. The number of rotatable bonds is 3. The molecule has 4 aromatic rings. The molecule has 2 N–H and O–H groups in total. The van der Waals surface area contributed by atoms with E-state index in [9.17, 15) is 27.1 Å². The molecule has 0 spiro atoms. The van der Waals surface area contributed by atoms with Crippen molar-refractivity contribution in [3.8, 4) is 28.7 Å². The lowest BCUT2D eigenvalue weighted by Gasteiger charge is -2.37. The van der Waals surface area contributed by atoms with Crippen LogP contribution in [0.25, 0.3) is 0 Å². The number of hydrogen-bond acceptors (Lipinski definition) is 7. The Morgan fingerprint density at radius 1 is 1.00 bits per heavy atom. The minimum atomic E-state index is -4.66. The lowest BCUT2D eigenvalue weighted by atomic mass is 9.89. The van der Waals surface area contributed by atoms with Crippen LogP contribution in [0.3, 0.4) is 0 Å². The third-order valence-electron chi connectivity index (χ3n) is 7.60. The average molecular weight is 623 g/mol. The van der Waals surface area contributed by atoms with E-state index < -0.39 is 38.5 Å². The van der Waals surface area contributed by atoms with Crippen LogP contribution in [0.5, 0.6) is 28.7 Å². The number of aromatic hydroxyl groups is 1. The van der Waals surface area contributed by atoms with Gasteiger partial charge in [-0.15, -0.1) is 0 Å². The van der Waals surface area contributed by atoms with Crippen molar-refractivity contribution < 1.29 is 41.3 Å². The van der Waals surface area contributed by atoms with Gasteiger partial charge in [-0.25, -0.2) is 17.2 Å². The van der Waals surface area contributed by atoms with Crippen LogP contribution in [-0.4, -0.2) is 50.5 Å². The van der Waals surface area contributed by atoms with E-state index in [4.69, 9.17) is 14.2 Å². The number of nitrogens with one attached hydrogen (secondary N) is 1. The summed E-state index contributed by atoms with van der Waals surface area (Å²) in [6, 6.07) is 16.4. The number of ether oxygens (including phenoxy) is 3. The molecular weight excluding hydrogens is 594 g/mol. The van der Waals surface area contributed by atoms with Crippen molar-refractivity contribution in [2.24, 2.45) is 0 Å². The molecule has 8 bridgehead atoms. The predicted molar refractivity (Wildman–Crippen MR) is 156 cm³/mol. The van der Waals surface area contributed by atoms with E-state index in [1.165, 1.54) is 25.3 Å². The first-order chi connectivity index (χ1) is 21.2. The number of methoxy groups -OCH3 is 1. The van der Waals surface area contributed by atoms with Crippen LogP contribution in [-0.2, 0) is 16.4 Å². The molecule has 44 heavy (non-hydrogen) atoms. The number of phenols is 1. The van der Waals surface area contributed by atoms with Gasteiger partial charge in [-0.3, -0.25) is 4.79 Å². The summed E-state index contributed by atoms with van der Waals surface area (Å²) in [4.78, 5) is 11.8. The molecular formula is C32H28F2N2O7S. The smallest absolute Gasteiger partial charge is 0.255 e. The Labute approximate surface area is 252 Å². The molecule has 3 heterocycles. The van der Waals surface area contributed by atoms with Gasteiger partial charge in [0.25, 0.3) is 5.91 Å². The zero-order valence-corrected chi connectivity index (χ0v) is 24.4. The van der Waals surface area contributed by atoms with E-state index in [0.717, 1.165) is 28.1 Å². The zero-order chi connectivity index (χ0) is 31.0. The topological polar surface area (TPSA) is 114 Å². The highest BCUT2D eigenvalue weighted by Crippen LogP contribution is 2.43. The van der Waals surface area contributed by atoms with E-state index in [-0.39, 0.29) is 37.4 Å². The molecule has 0 saturated heterocycles. The van der Waals surface area contributed by atoms with Crippen molar-refractivity contribution in [3.05, 3.63) is 107 Å². The number of phenolic OH excluding ortho intramolecular Hbond substituents is 1. The molecule has 0 aliphatic carbocycles. The van der Waals surface area contributed by atoms with Crippen molar-refractivity contribution in [3.63, 3.8) is 0 Å². The number of halogens is 2. The summed E-state index contributed by atoms with van der Waals surface area (Å²) in [5.41, 5.74) is 1.88. The monoisotopic (exact) mass is 622 g/mol. The molecule has 1 amide bonds. The second-order valence-corrected chi connectivity index (χ2v) is 12.2. The highest BCUT2D eigenvalue weighted by atomic mass is 32.2. The fraction of sp³-hybridized carbons (Fsp3) is 0.219. The number of carbonyl (C=O) groups excluding carboxylic acids is 1. The Balaban J connectivity index is 1.51. The Kier molecular flexibility index (Phi) is 7.87. The van der Waals surface area contributed by atoms with E-state index in [0.29, 0.717) is 40.5 Å². The Morgan fingerprint density at radius 3 is 2.52 bits per heavy atom. The number of fused-ring (bicyclic) bond motifs is 6. The van der Waals surface area contributed by atoms with Gasteiger partial charge in [0, 0.05) is 13.1 Å². The van der Waals surface area contributed by atoms with Crippen molar-refractivity contribution >= 4 is 15.9 Å². The molecule has 7 rings (SSSR count). The third kappa shape index (κ3) is 5.42. The quantitative estimate of drug-likeness (QED) is 0.318. The second kappa shape index (κ2) is 11.8. The van der Waals surface area contributed by atoms with Gasteiger partial charge in [-0.2, -0.15) is 4.31 Å². The van der Waals surface area contributed by atoms with E-state index in [1.54, 1.807) is 36.4 Å². The summed E-state index contributed by atoms with van der Waals surface area (Å²) in [6.45, 7) is 0.323.